The molecule has 2 aromatic rings. The first-order valence-electron chi connectivity index (χ1n) is 7.58. The molecule has 0 atom stereocenters. The van der Waals surface area contributed by atoms with Gasteiger partial charge in [-0.15, -0.1) is 0 Å². The van der Waals surface area contributed by atoms with E-state index in [0.29, 0.717) is 11.1 Å². The molecular weight excluding hydrogens is 342 g/mol. The van der Waals surface area contributed by atoms with Crippen LogP contribution in [0.2, 0.25) is 0 Å². The highest BCUT2D eigenvalue weighted by atomic mass is 16.6. The van der Waals surface area contributed by atoms with Crippen LogP contribution in [0, 0.1) is 10.1 Å². The van der Waals surface area contributed by atoms with Crippen molar-refractivity contribution in [1.29, 1.82) is 0 Å². The molecule has 1 aromatic carbocycles. The monoisotopic (exact) mass is 355 g/mol. The molecule has 1 aliphatic heterocycles. The number of nitrogens with zero attached hydrogens (tertiary/aromatic N) is 3. The summed E-state index contributed by atoms with van der Waals surface area (Å²) in [5, 5.41) is 10.5. The normalized spacial score (nSPS) is 12.7. The van der Waals surface area contributed by atoms with Gasteiger partial charge in [0.1, 0.15) is 12.0 Å². The molecule has 2 N–H and O–H groups in total. The fourth-order valence-electron chi connectivity index (χ4n) is 2.42. The largest absolute Gasteiger partial charge is 0.287 e. The standard InChI is InChI=1S/C16H13N5O5/c22-14(19-18-13-6-5-10(9-17-13)21(25)26)7-8-20-15(23)11-3-1-2-4-12(11)16(20)24/h1-6,9H,7-8H2,(H,17,18)(H,19,22). The van der Waals surface area contributed by atoms with Crippen molar-refractivity contribution < 1.29 is 19.3 Å². The molecular formula is C16H13N5O5. The van der Waals surface area contributed by atoms with Crippen LogP contribution in [0.25, 0.3) is 0 Å². The van der Waals surface area contributed by atoms with Crippen molar-refractivity contribution in [1.82, 2.24) is 15.3 Å². The van der Waals surface area contributed by atoms with E-state index in [0.717, 1.165) is 11.1 Å². The molecule has 1 aliphatic rings. The van der Waals surface area contributed by atoms with Crippen LogP contribution in [0.4, 0.5) is 11.5 Å². The molecule has 2 heterocycles. The highest BCUT2D eigenvalue weighted by Gasteiger charge is 2.34. The Morgan fingerprint density at radius 1 is 1.12 bits per heavy atom. The van der Waals surface area contributed by atoms with Crippen molar-refractivity contribution in [3.05, 3.63) is 63.8 Å². The summed E-state index contributed by atoms with van der Waals surface area (Å²) in [5.41, 5.74) is 5.33. The van der Waals surface area contributed by atoms with Crippen molar-refractivity contribution in [3.63, 3.8) is 0 Å². The van der Waals surface area contributed by atoms with E-state index < -0.39 is 22.6 Å². The number of hydrogen-bond acceptors (Lipinski definition) is 7. The second kappa shape index (κ2) is 6.97. The molecule has 0 radical (unpaired) electrons. The summed E-state index contributed by atoms with van der Waals surface area (Å²) in [6.07, 6.45) is 0.943. The SMILES string of the molecule is O=C(CCN1C(=O)c2ccccc2C1=O)NNc1ccc([N+](=O)[O-])cn1. The van der Waals surface area contributed by atoms with Gasteiger partial charge >= 0.3 is 0 Å². The van der Waals surface area contributed by atoms with Crippen LogP contribution in [0.3, 0.4) is 0 Å². The number of nitrogens with one attached hydrogen (secondary N) is 2. The molecule has 0 unspecified atom stereocenters. The lowest BCUT2D eigenvalue weighted by molar-refractivity contribution is -0.385. The van der Waals surface area contributed by atoms with E-state index >= 15 is 0 Å². The average molecular weight is 355 g/mol. The second-order valence-corrected chi connectivity index (χ2v) is 5.39. The fourth-order valence-corrected chi connectivity index (χ4v) is 2.42. The van der Waals surface area contributed by atoms with E-state index in [9.17, 15) is 24.5 Å². The summed E-state index contributed by atoms with van der Waals surface area (Å²) >= 11 is 0. The third-order valence-corrected chi connectivity index (χ3v) is 3.73. The number of nitro groups is 1. The quantitative estimate of drug-likeness (QED) is 0.450. The fraction of sp³-hybridized carbons (Fsp3) is 0.125. The van der Waals surface area contributed by atoms with Crippen LogP contribution in [-0.4, -0.2) is 39.1 Å². The minimum atomic E-state index is -0.586. The van der Waals surface area contributed by atoms with E-state index in [1.54, 1.807) is 24.3 Å². The van der Waals surface area contributed by atoms with E-state index in [1.807, 2.05) is 0 Å². The number of carbonyl (C=O) groups excluding carboxylic acids is 3. The number of aromatic nitrogens is 1. The Hall–Kier alpha value is -3.82. The first-order valence-corrected chi connectivity index (χ1v) is 7.58. The molecule has 26 heavy (non-hydrogen) atoms. The summed E-state index contributed by atoms with van der Waals surface area (Å²) in [7, 11) is 0. The lowest BCUT2D eigenvalue weighted by Crippen LogP contribution is -2.36. The highest BCUT2D eigenvalue weighted by molar-refractivity contribution is 6.21. The summed E-state index contributed by atoms with van der Waals surface area (Å²) < 4.78 is 0. The van der Waals surface area contributed by atoms with Crippen LogP contribution in [-0.2, 0) is 4.79 Å². The number of rotatable bonds is 6. The zero-order valence-corrected chi connectivity index (χ0v) is 13.3. The van der Waals surface area contributed by atoms with Gasteiger partial charge in [0, 0.05) is 19.0 Å². The zero-order valence-electron chi connectivity index (χ0n) is 13.3. The maximum absolute atomic E-state index is 12.2. The van der Waals surface area contributed by atoms with Crippen molar-refractivity contribution in [2.75, 3.05) is 12.0 Å². The van der Waals surface area contributed by atoms with Crippen LogP contribution in [0.1, 0.15) is 27.1 Å². The van der Waals surface area contributed by atoms with E-state index in [2.05, 4.69) is 15.8 Å². The molecule has 10 heteroatoms. The number of carbonyl (C=O) groups is 3. The van der Waals surface area contributed by atoms with Crippen molar-refractivity contribution >= 4 is 29.2 Å². The van der Waals surface area contributed by atoms with Crippen molar-refractivity contribution in [2.24, 2.45) is 0 Å². The van der Waals surface area contributed by atoms with E-state index in [4.69, 9.17) is 0 Å². The smallest absolute Gasteiger partial charge is 0.282 e. The van der Waals surface area contributed by atoms with Crippen LogP contribution >= 0.6 is 0 Å². The molecule has 132 valence electrons. The van der Waals surface area contributed by atoms with Crippen LogP contribution in [0.5, 0.6) is 0 Å². The van der Waals surface area contributed by atoms with Gasteiger partial charge < -0.3 is 0 Å². The second-order valence-electron chi connectivity index (χ2n) is 5.39. The minimum absolute atomic E-state index is 0.0620. The predicted octanol–water partition coefficient (Wildman–Crippen LogP) is 1.12. The van der Waals surface area contributed by atoms with Gasteiger partial charge in [0.25, 0.3) is 17.5 Å². The third-order valence-electron chi connectivity index (χ3n) is 3.73. The zero-order chi connectivity index (χ0) is 18.7. The van der Waals surface area contributed by atoms with Gasteiger partial charge in [-0.3, -0.25) is 40.2 Å². The number of hydrazine groups is 1. The number of benzene rings is 1. The molecule has 0 saturated heterocycles. The molecule has 3 amide bonds. The molecule has 0 saturated carbocycles. The van der Waals surface area contributed by atoms with Gasteiger partial charge in [-0.2, -0.15) is 0 Å². The summed E-state index contributed by atoms with van der Waals surface area (Å²) in [6.45, 7) is -0.0620. The van der Waals surface area contributed by atoms with Crippen LogP contribution in [0.15, 0.2) is 42.6 Å². The lowest BCUT2D eigenvalue weighted by Gasteiger charge is -2.13. The molecule has 0 spiro atoms. The third kappa shape index (κ3) is 3.34. The lowest BCUT2D eigenvalue weighted by atomic mass is 10.1. The minimum Gasteiger partial charge on any atom is -0.282 e. The van der Waals surface area contributed by atoms with Crippen LogP contribution < -0.4 is 10.9 Å². The summed E-state index contributed by atoms with van der Waals surface area (Å²) in [4.78, 5) is 51.0. The summed E-state index contributed by atoms with van der Waals surface area (Å²) in [5.74, 6) is -1.11. The highest BCUT2D eigenvalue weighted by Crippen LogP contribution is 2.22. The Bertz CT molecular complexity index is 861. The molecule has 0 fully saturated rings. The Morgan fingerprint density at radius 3 is 2.31 bits per heavy atom. The van der Waals surface area contributed by atoms with Crippen molar-refractivity contribution in [3.8, 4) is 0 Å². The van der Waals surface area contributed by atoms with Gasteiger partial charge in [0.15, 0.2) is 0 Å². The average Bonchev–Trinajstić information content (AvgIpc) is 2.89. The Balaban J connectivity index is 1.51. The molecule has 1 aromatic heterocycles. The van der Waals surface area contributed by atoms with E-state index in [-0.39, 0.29) is 24.5 Å². The Kier molecular flexibility index (Phi) is 4.56. The number of fused-ring (bicyclic) bond motifs is 1. The van der Waals surface area contributed by atoms with E-state index in [1.165, 1.54) is 12.1 Å². The maximum Gasteiger partial charge on any atom is 0.287 e. The number of hydrogen-bond donors (Lipinski definition) is 2. The number of anilines is 1. The Labute approximate surface area is 146 Å². The van der Waals surface area contributed by atoms with Gasteiger partial charge in [0.05, 0.1) is 16.1 Å². The topological polar surface area (TPSA) is 135 Å². The number of amides is 3. The molecule has 0 bridgehead atoms. The molecule has 10 nitrogen and oxygen atoms in total. The Morgan fingerprint density at radius 2 is 1.77 bits per heavy atom. The van der Waals surface area contributed by atoms with Gasteiger partial charge in [-0.1, -0.05) is 12.1 Å². The maximum atomic E-state index is 12.2. The van der Waals surface area contributed by atoms with Gasteiger partial charge in [-0.25, -0.2) is 4.98 Å². The van der Waals surface area contributed by atoms with Gasteiger partial charge in [-0.05, 0) is 18.2 Å². The first kappa shape index (κ1) is 17.0. The number of pyridine rings is 1. The number of imide groups is 1. The summed E-state index contributed by atoms with van der Waals surface area (Å²) in [6, 6.07) is 9.04. The first-order chi connectivity index (χ1) is 12.5. The molecule has 0 aliphatic carbocycles. The van der Waals surface area contributed by atoms with Crippen molar-refractivity contribution in [2.45, 2.75) is 6.42 Å². The predicted molar refractivity (Wildman–Crippen MR) is 89.1 cm³/mol. The molecule has 3 rings (SSSR count). The van der Waals surface area contributed by atoms with Gasteiger partial charge in [0.2, 0.25) is 5.91 Å².